The van der Waals surface area contributed by atoms with Crippen molar-refractivity contribution in [3.8, 4) is 5.75 Å². The van der Waals surface area contributed by atoms with Crippen LogP contribution in [-0.2, 0) is 0 Å². The molecule has 6 nitrogen and oxygen atoms in total. The molecule has 3 rings (SSSR count). The summed E-state index contributed by atoms with van der Waals surface area (Å²) in [5.41, 5.74) is 1.58. The fraction of sp³-hybridized carbons (Fsp3) is 0.400. The average molecular weight is 454 g/mol. The first-order valence-electron chi connectivity index (χ1n) is 11.2. The van der Waals surface area contributed by atoms with Crippen LogP contribution in [0, 0.1) is 5.92 Å². The number of rotatable bonds is 7. The second kappa shape index (κ2) is 11.6. The lowest BCUT2D eigenvalue weighted by atomic mass is 9.98. The molecule has 7 heteroatoms. The number of piperidine rings is 1. The van der Waals surface area contributed by atoms with Crippen LogP contribution in [0.5, 0.6) is 5.75 Å². The number of hydrogen-bond donors (Lipinski definition) is 2. The van der Waals surface area contributed by atoms with Crippen LogP contribution in [0.3, 0.4) is 0 Å². The molecular weight excluding hydrogens is 422 g/mol. The Bertz CT molecular complexity index is 955. The highest BCUT2D eigenvalue weighted by molar-refractivity contribution is 7.80. The summed E-state index contributed by atoms with van der Waals surface area (Å²) in [5.74, 6) is 0.936. The maximum atomic E-state index is 13.0. The standard InChI is InChI=1S/C25H31N3O3S/c1-3-4-16-31-20-9-7-8-19(17-20)23(29)27-25(32)26-22-11-6-5-10-21(22)24(30)28-14-12-18(2)13-15-28/h5-11,17-18H,3-4,12-16H2,1-2H3,(H2,26,27,29,32). The molecule has 0 saturated carbocycles. The first kappa shape index (κ1) is 23.7. The molecule has 2 aromatic carbocycles. The molecular formula is C25H31N3O3S. The van der Waals surface area contributed by atoms with E-state index in [9.17, 15) is 9.59 Å². The number of unbranched alkanes of at least 4 members (excludes halogenated alkanes) is 1. The summed E-state index contributed by atoms with van der Waals surface area (Å²) in [4.78, 5) is 27.6. The summed E-state index contributed by atoms with van der Waals surface area (Å²) < 4.78 is 5.67. The van der Waals surface area contributed by atoms with E-state index >= 15 is 0 Å². The van der Waals surface area contributed by atoms with Gasteiger partial charge in [-0.25, -0.2) is 0 Å². The zero-order valence-electron chi connectivity index (χ0n) is 18.7. The van der Waals surface area contributed by atoms with Crippen LogP contribution in [0.2, 0.25) is 0 Å². The van der Waals surface area contributed by atoms with Gasteiger partial charge in [0.15, 0.2) is 5.11 Å². The molecule has 0 bridgehead atoms. The third kappa shape index (κ3) is 6.53. The second-order valence-corrected chi connectivity index (χ2v) is 8.57. The summed E-state index contributed by atoms with van der Waals surface area (Å²) in [6.07, 6.45) is 4.02. The normalized spacial score (nSPS) is 14.0. The molecule has 1 fully saturated rings. The second-order valence-electron chi connectivity index (χ2n) is 8.16. The fourth-order valence-electron chi connectivity index (χ4n) is 3.55. The maximum Gasteiger partial charge on any atom is 0.257 e. The van der Waals surface area contributed by atoms with Crippen molar-refractivity contribution in [2.45, 2.75) is 39.5 Å². The van der Waals surface area contributed by atoms with Crippen molar-refractivity contribution < 1.29 is 14.3 Å². The minimum absolute atomic E-state index is 0.0222. The number of carbonyl (C=O) groups excluding carboxylic acids is 2. The van der Waals surface area contributed by atoms with E-state index in [2.05, 4.69) is 24.5 Å². The molecule has 1 saturated heterocycles. The number of ether oxygens (including phenoxy) is 1. The zero-order chi connectivity index (χ0) is 22.9. The first-order valence-corrected chi connectivity index (χ1v) is 11.6. The molecule has 0 aliphatic carbocycles. The molecule has 0 atom stereocenters. The summed E-state index contributed by atoms with van der Waals surface area (Å²) in [6.45, 7) is 6.44. The molecule has 2 N–H and O–H groups in total. The van der Waals surface area contributed by atoms with E-state index in [0.717, 1.165) is 38.8 Å². The number of nitrogens with one attached hydrogen (secondary N) is 2. The van der Waals surface area contributed by atoms with Crippen LogP contribution in [0.4, 0.5) is 5.69 Å². The summed E-state index contributed by atoms with van der Waals surface area (Å²) >= 11 is 5.35. The molecule has 0 spiro atoms. The van der Waals surface area contributed by atoms with Crippen LogP contribution in [0.25, 0.3) is 0 Å². The van der Waals surface area contributed by atoms with Gasteiger partial charge in [0.1, 0.15) is 5.75 Å². The Balaban J connectivity index is 1.62. The average Bonchev–Trinajstić information content (AvgIpc) is 2.80. The van der Waals surface area contributed by atoms with Crippen molar-refractivity contribution in [2.24, 2.45) is 5.92 Å². The Morgan fingerprint density at radius 3 is 2.62 bits per heavy atom. The summed E-state index contributed by atoms with van der Waals surface area (Å²) in [7, 11) is 0. The molecule has 0 unspecified atom stereocenters. The first-order chi connectivity index (χ1) is 15.5. The molecule has 2 amide bonds. The van der Waals surface area contributed by atoms with Gasteiger partial charge in [-0.1, -0.05) is 38.5 Å². The largest absolute Gasteiger partial charge is 0.494 e. The number of benzene rings is 2. The minimum Gasteiger partial charge on any atom is -0.494 e. The lowest BCUT2D eigenvalue weighted by molar-refractivity contribution is 0.0698. The molecule has 32 heavy (non-hydrogen) atoms. The van der Waals surface area contributed by atoms with Gasteiger partial charge >= 0.3 is 0 Å². The Morgan fingerprint density at radius 2 is 1.88 bits per heavy atom. The van der Waals surface area contributed by atoms with Crippen LogP contribution in [-0.4, -0.2) is 41.5 Å². The highest BCUT2D eigenvalue weighted by Crippen LogP contribution is 2.22. The zero-order valence-corrected chi connectivity index (χ0v) is 19.5. The van der Waals surface area contributed by atoms with E-state index in [1.165, 1.54) is 0 Å². The van der Waals surface area contributed by atoms with Gasteiger partial charge in [-0.15, -0.1) is 0 Å². The predicted molar refractivity (Wildman–Crippen MR) is 131 cm³/mol. The van der Waals surface area contributed by atoms with Gasteiger partial charge in [0, 0.05) is 18.7 Å². The van der Waals surface area contributed by atoms with Gasteiger partial charge in [-0.3, -0.25) is 14.9 Å². The number of likely N-dealkylation sites (tertiary alicyclic amines) is 1. The smallest absolute Gasteiger partial charge is 0.257 e. The third-order valence-electron chi connectivity index (χ3n) is 5.57. The topological polar surface area (TPSA) is 70.7 Å². The summed E-state index contributed by atoms with van der Waals surface area (Å²) in [5, 5.41) is 5.85. The molecule has 170 valence electrons. The molecule has 0 radical (unpaired) electrons. The number of carbonyl (C=O) groups is 2. The van der Waals surface area contributed by atoms with Crippen molar-refractivity contribution in [1.29, 1.82) is 0 Å². The number of amides is 2. The van der Waals surface area contributed by atoms with E-state index in [-0.39, 0.29) is 16.9 Å². The van der Waals surface area contributed by atoms with Crippen molar-refractivity contribution in [1.82, 2.24) is 10.2 Å². The molecule has 1 heterocycles. The Labute approximate surface area is 195 Å². The van der Waals surface area contributed by atoms with E-state index in [1.807, 2.05) is 23.1 Å². The number of thiocarbonyl (C=S) groups is 1. The molecule has 1 aliphatic heterocycles. The van der Waals surface area contributed by atoms with E-state index < -0.39 is 0 Å². The van der Waals surface area contributed by atoms with Crippen LogP contribution < -0.4 is 15.4 Å². The van der Waals surface area contributed by atoms with Crippen LogP contribution in [0.1, 0.15) is 60.2 Å². The predicted octanol–water partition coefficient (Wildman–Crippen LogP) is 4.86. The van der Waals surface area contributed by atoms with Crippen LogP contribution >= 0.6 is 12.2 Å². The van der Waals surface area contributed by atoms with Crippen molar-refractivity contribution in [3.05, 3.63) is 59.7 Å². The van der Waals surface area contributed by atoms with Crippen LogP contribution in [0.15, 0.2) is 48.5 Å². The lowest BCUT2D eigenvalue weighted by Crippen LogP contribution is -2.39. The number of anilines is 1. The van der Waals surface area contributed by atoms with Gasteiger partial charge in [0.05, 0.1) is 17.9 Å². The van der Waals surface area contributed by atoms with Crippen molar-refractivity contribution in [2.75, 3.05) is 25.0 Å². The van der Waals surface area contributed by atoms with Gasteiger partial charge in [-0.2, -0.15) is 0 Å². The summed E-state index contributed by atoms with van der Waals surface area (Å²) in [6, 6.07) is 14.2. The number of para-hydroxylation sites is 1. The Hall–Kier alpha value is -2.93. The third-order valence-corrected chi connectivity index (χ3v) is 5.77. The van der Waals surface area contributed by atoms with Crippen molar-refractivity contribution in [3.63, 3.8) is 0 Å². The van der Waals surface area contributed by atoms with Gasteiger partial charge in [-0.05, 0) is 67.7 Å². The molecule has 0 aromatic heterocycles. The quantitative estimate of drug-likeness (QED) is 0.463. The lowest BCUT2D eigenvalue weighted by Gasteiger charge is -2.30. The monoisotopic (exact) mass is 453 g/mol. The van der Waals surface area contributed by atoms with E-state index in [4.69, 9.17) is 17.0 Å². The van der Waals surface area contributed by atoms with Crippen molar-refractivity contribution >= 4 is 34.8 Å². The maximum absolute atomic E-state index is 13.0. The highest BCUT2D eigenvalue weighted by Gasteiger charge is 2.23. The fourth-order valence-corrected chi connectivity index (χ4v) is 3.75. The molecule has 2 aromatic rings. The Kier molecular flexibility index (Phi) is 8.62. The van der Waals surface area contributed by atoms with E-state index in [1.54, 1.807) is 30.3 Å². The number of nitrogens with zero attached hydrogens (tertiary/aromatic N) is 1. The van der Waals surface area contributed by atoms with Gasteiger partial charge in [0.25, 0.3) is 11.8 Å². The van der Waals surface area contributed by atoms with Gasteiger partial charge < -0.3 is 15.0 Å². The van der Waals surface area contributed by atoms with Gasteiger partial charge in [0.2, 0.25) is 0 Å². The SMILES string of the molecule is CCCCOc1cccc(C(=O)NC(=S)Nc2ccccc2C(=O)N2CCC(C)CC2)c1. The highest BCUT2D eigenvalue weighted by atomic mass is 32.1. The number of hydrogen-bond acceptors (Lipinski definition) is 4. The van der Waals surface area contributed by atoms with E-state index in [0.29, 0.717) is 35.1 Å². The minimum atomic E-state index is -0.336. The molecule has 1 aliphatic rings. The Morgan fingerprint density at radius 1 is 1.12 bits per heavy atom.